The molecule has 0 aromatic heterocycles. The smallest absolute Gasteiger partial charge is 0.330 e. The molecule has 0 aliphatic rings. The predicted molar refractivity (Wildman–Crippen MR) is 113 cm³/mol. The van der Waals surface area contributed by atoms with E-state index in [0.717, 1.165) is 30.6 Å². The number of rotatable bonds is 10. The summed E-state index contributed by atoms with van der Waals surface area (Å²) in [6, 6.07) is 7.78. The van der Waals surface area contributed by atoms with E-state index in [1.807, 2.05) is 24.3 Å². The number of hydrogen-bond acceptors (Lipinski definition) is 3. The fourth-order valence-corrected chi connectivity index (χ4v) is 3.25. The first-order valence-corrected chi connectivity index (χ1v) is 12.8. The Morgan fingerprint density at radius 2 is 1.85 bits per heavy atom. The molecule has 1 aromatic rings. The highest BCUT2D eigenvalue weighted by atomic mass is 28.4. The summed E-state index contributed by atoms with van der Waals surface area (Å²) in [4.78, 5) is 11.9. The summed E-state index contributed by atoms with van der Waals surface area (Å²) in [6.45, 7) is 13.3. The molecule has 26 heavy (non-hydrogen) atoms. The molecule has 0 bridgehead atoms. The Labute approximate surface area is 160 Å². The third kappa shape index (κ3) is 10.2. The van der Waals surface area contributed by atoms with Crippen LogP contribution in [0, 0.1) is 5.92 Å². The molecule has 0 saturated carbocycles. The maximum atomic E-state index is 11.9. The molecular formula is C22H34O3Si. The second kappa shape index (κ2) is 11.0. The Morgan fingerprint density at radius 1 is 1.15 bits per heavy atom. The molecule has 1 atom stereocenters. The van der Waals surface area contributed by atoms with Gasteiger partial charge in [-0.1, -0.05) is 36.8 Å². The number of benzene rings is 1. The molecule has 0 aliphatic heterocycles. The standard InChI is InChI=1S/C22H34O3Si/c1-18(2)10-9-11-19(3)16-17-24-22(23)15-14-20-12-7-8-13-21(20)25-26(4,5)6/h7-8,10,12-15,19H,9,11,16-17H2,1-6H3/b15-14+. The molecule has 0 radical (unpaired) electrons. The predicted octanol–water partition coefficient (Wildman–Crippen LogP) is 6.23. The molecule has 3 nitrogen and oxygen atoms in total. The number of carbonyl (C=O) groups excluding carboxylic acids is 1. The van der Waals surface area contributed by atoms with Crippen LogP contribution in [0.3, 0.4) is 0 Å². The van der Waals surface area contributed by atoms with Crippen molar-refractivity contribution in [2.24, 2.45) is 5.92 Å². The normalized spacial score (nSPS) is 12.7. The van der Waals surface area contributed by atoms with Crippen LogP contribution in [0.1, 0.15) is 45.6 Å². The average Bonchev–Trinajstić information content (AvgIpc) is 2.52. The molecular weight excluding hydrogens is 340 g/mol. The van der Waals surface area contributed by atoms with Crippen molar-refractivity contribution in [3.05, 3.63) is 47.6 Å². The van der Waals surface area contributed by atoms with Gasteiger partial charge in [0, 0.05) is 11.6 Å². The second-order valence-electron chi connectivity index (χ2n) is 8.01. The van der Waals surface area contributed by atoms with Gasteiger partial charge in [-0.25, -0.2) is 4.79 Å². The summed E-state index contributed by atoms with van der Waals surface area (Å²) in [5.41, 5.74) is 2.26. The summed E-state index contributed by atoms with van der Waals surface area (Å²) >= 11 is 0. The molecule has 0 N–H and O–H groups in total. The van der Waals surface area contributed by atoms with Gasteiger partial charge in [-0.05, 0) is 70.8 Å². The van der Waals surface area contributed by atoms with Gasteiger partial charge in [-0.3, -0.25) is 0 Å². The van der Waals surface area contributed by atoms with Crippen LogP contribution in [-0.4, -0.2) is 20.9 Å². The molecule has 1 aromatic carbocycles. The van der Waals surface area contributed by atoms with Crippen LogP contribution in [0.4, 0.5) is 0 Å². The quantitative estimate of drug-likeness (QED) is 0.211. The molecule has 1 rings (SSSR count). The minimum absolute atomic E-state index is 0.302. The molecule has 144 valence electrons. The van der Waals surface area contributed by atoms with Crippen molar-refractivity contribution >= 4 is 20.4 Å². The highest BCUT2D eigenvalue weighted by molar-refractivity contribution is 6.70. The van der Waals surface area contributed by atoms with Crippen molar-refractivity contribution < 1.29 is 14.0 Å². The van der Waals surface area contributed by atoms with Gasteiger partial charge in [0.2, 0.25) is 8.32 Å². The Kier molecular flexibility index (Phi) is 9.42. The van der Waals surface area contributed by atoms with Gasteiger partial charge in [0.05, 0.1) is 6.61 Å². The summed E-state index contributed by atoms with van der Waals surface area (Å²) in [7, 11) is -1.69. The maximum absolute atomic E-state index is 11.9. The minimum Gasteiger partial charge on any atom is -0.544 e. The lowest BCUT2D eigenvalue weighted by atomic mass is 10.0. The number of esters is 1. The highest BCUT2D eigenvalue weighted by Crippen LogP contribution is 2.23. The number of hydrogen-bond donors (Lipinski definition) is 0. The van der Waals surface area contributed by atoms with Gasteiger partial charge in [-0.2, -0.15) is 0 Å². The third-order valence-electron chi connectivity index (χ3n) is 3.80. The van der Waals surface area contributed by atoms with E-state index in [0.29, 0.717) is 12.5 Å². The van der Waals surface area contributed by atoms with Gasteiger partial charge >= 0.3 is 5.97 Å². The van der Waals surface area contributed by atoms with Crippen LogP contribution in [0.25, 0.3) is 6.08 Å². The topological polar surface area (TPSA) is 35.5 Å². The number of allylic oxidation sites excluding steroid dienone is 2. The van der Waals surface area contributed by atoms with Crippen LogP contribution in [0.2, 0.25) is 19.6 Å². The van der Waals surface area contributed by atoms with Crippen molar-refractivity contribution in [2.75, 3.05) is 6.61 Å². The van der Waals surface area contributed by atoms with E-state index < -0.39 is 8.32 Å². The average molecular weight is 375 g/mol. The summed E-state index contributed by atoms with van der Waals surface area (Å²) in [5, 5.41) is 0. The fourth-order valence-electron chi connectivity index (χ4n) is 2.41. The lowest BCUT2D eigenvalue weighted by Crippen LogP contribution is -2.29. The lowest BCUT2D eigenvalue weighted by molar-refractivity contribution is -0.138. The Hall–Kier alpha value is -1.81. The van der Waals surface area contributed by atoms with Crippen LogP contribution in [0.5, 0.6) is 5.75 Å². The van der Waals surface area contributed by atoms with Gasteiger partial charge in [0.15, 0.2) is 0 Å². The van der Waals surface area contributed by atoms with E-state index in [2.05, 4.69) is 46.5 Å². The van der Waals surface area contributed by atoms with E-state index in [-0.39, 0.29) is 5.97 Å². The zero-order chi connectivity index (χ0) is 19.6. The van der Waals surface area contributed by atoms with Crippen molar-refractivity contribution in [1.82, 2.24) is 0 Å². The van der Waals surface area contributed by atoms with Crippen molar-refractivity contribution in [1.29, 1.82) is 0 Å². The highest BCUT2D eigenvalue weighted by Gasteiger charge is 2.17. The zero-order valence-corrected chi connectivity index (χ0v) is 18.2. The molecule has 1 unspecified atom stereocenters. The van der Waals surface area contributed by atoms with Crippen LogP contribution >= 0.6 is 0 Å². The third-order valence-corrected chi connectivity index (χ3v) is 4.63. The van der Waals surface area contributed by atoms with E-state index in [1.54, 1.807) is 6.08 Å². The first-order chi connectivity index (χ1) is 12.2. The van der Waals surface area contributed by atoms with E-state index in [9.17, 15) is 4.79 Å². The number of carbonyl (C=O) groups is 1. The molecule has 0 aliphatic carbocycles. The van der Waals surface area contributed by atoms with E-state index >= 15 is 0 Å². The van der Waals surface area contributed by atoms with Crippen molar-refractivity contribution in [3.63, 3.8) is 0 Å². The molecule has 0 heterocycles. The lowest BCUT2D eigenvalue weighted by Gasteiger charge is -2.20. The molecule has 4 heteroatoms. The van der Waals surface area contributed by atoms with Gasteiger partial charge in [0.25, 0.3) is 0 Å². The zero-order valence-electron chi connectivity index (χ0n) is 17.2. The summed E-state index contributed by atoms with van der Waals surface area (Å²) in [6.07, 6.45) is 8.62. The molecule has 0 saturated heterocycles. The molecule has 0 spiro atoms. The van der Waals surface area contributed by atoms with Gasteiger partial charge < -0.3 is 9.16 Å². The Bertz CT molecular complexity index is 623. The molecule has 0 fully saturated rings. The molecule has 0 amide bonds. The van der Waals surface area contributed by atoms with E-state index in [1.165, 1.54) is 11.6 Å². The fraction of sp³-hybridized carbons (Fsp3) is 0.500. The van der Waals surface area contributed by atoms with Gasteiger partial charge in [0.1, 0.15) is 5.75 Å². The maximum Gasteiger partial charge on any atom is 0.330 e. The van der Waals surface area contributed by atoms with Crippen LogP contribution < -0.4 is 4.43 Å². The second-order valence-corrected chi connectivity index (χ2v) is 12.4. The monoisotopic (exact) mass is 374 g/mol. The first kappa shape index (κ1) is 22.2. The van der Waals surface area contributed by atoms with E-state index in [4.69, 9.17) is 9.16 Å². The van der Waals surface area contributed by atoms with Gasteiger partial charge in [-0.15, -0.1) is 0 Å². The minimum atomic E-state index is -1.69. The van der Waals surface area contributed by atoms with Crippen molar-refractivity contribution in [2.45, 2.75) is 59.7 Å². The summed E-state index contributed by atoms with van der Waals surface area (Å²) in [5.74, 6) is 1.07. The Balaban J connectivity index is 2.45. The van der Waals surface area contributed by atoms with Crippen LogP contribution in [0.15, 0.2) is 42.0 Å². The number of ether oxygens (including phenoxy) is 1. The van der Waals surface area contributed by atoms with Crippen molar-refractivity contribution in [3.8, 4) is 5.75 Å². The Morgan fingerprint density at radius 3 is 2.50 bits per heavy atom. The number of para-hydroxylation sites is 1. The largest absolute Gasteiger partial charge is 0.544 e. The van der Waals surface area contributed by atoms with Crippen LogP contribution in [-0.2, 0) is 9.53 Å². The summed E-state index contributed by atoms with van der Waals surface area (Å²) < 4.78 is 11.4. The first-order valence-electron chi connectivity index (χ1n) is 9.43. The SMILES string of the molecule is CC(C)=CCCC(C)CCOC(=O)/C=C/c1ccccc1O[Si](C)(C)C.